The van der Waals surface area contributed by atoms with Crippen LogP contribution in [0.25, 0.3) is 6.08 Å². The van der Waals surface area contributed by atoms with Gasteiger partial charge in [0, 0.05) is 6.07 Å². The van der Waals surface area contributed by atoms with Crippen molar-refractivity contribution in [1.29, 1.82) is 10.5 Å². The van der Waals surface area contributed by atoms with Crippen LogP contribution in [0.15, 0.2) is 64.3 Å². The fourth-order valence-corrected chi connectivity index (χ4v) is 1.68. The lowest BCUT2D eigenvalue weighted by atomic mass is 10.1. The monoisotopic (exact) mass is 288 g/mol. The third kappa shape index (κ3) is 4.03. The second-order valence-corrected chi connectivity index (χ2v) is 4.27. The van der Waals surface area contributed by atoms with Crippen molar-refractivity contribution >= 4 is 17.5 Å². The maximum atomic E-state index is 8.71. The minimum Gasteiger partial charge on any atom is -0.497 e. The summed E-state index contributed by atoms with van der Waals surface area (Å²) in [6, 6.07) is 18.0. The van der Waals surface area contributed by atoms with E-state index in [1.165, 1.54) is 6.08 Å². The number of hydrogen-bond donors (Lipinski definition) is 0. The number of azo groups is 1. The molecule has 5 heteroatoms. The average molecular weight is 288 g/mol. The van der Waals surface area contributed by atoms with Gasteiger partial charge in [0.2, 0.25) is 0 Å². The molecule has 5 nitrogen and oxygen atoms in total. The highest BCUT2D eigenvalue weighted by Gasteiger charge is 1.96. The van der Waals surface area contributed by atoms with Crippen molar-refractivity contribution < 1.29 is 4.74 Å². The Balaban J connectivity index is 2.14. The van der Waals surface area contributed by atoms with E-state index in [9.17, 15) is 0 Å². The molecule has 22 heavy (non-hydrogen) atoms. The van der Waals surface area contributed by atoms with Crippen LogP contribution in [-0.2, 0) is 0 Å². The van der Waals surface area contributed by atoms with Gasteiger partial charge in [0.05, 0.1) is 18.5 Å². The van der Waals surface area contributed by atoms with Crippen molar-refractivity contribution in [1.82, 2.24) is 0 Å². The van der Waals surface area contributed by atoms with Crippen LogP contribution in [0.1, 0.15) is 5.56 Å². The van der Waals surface area contributed by atoms with E-state index in [4.69, 9.17) is 15.3 Å². The summed E-state index contributed by atoms with van der Waals surface area (Å²) in [5.41, 5.74) is 2.19. The maximum absolute atomic E-state index is 8.71. The minimum atomic E-state index is 0.0609. The summed E-state index contributed by atoms with van der Waals surface area (Å²) in [7, 11) is 1.60. The molecule has 2 aromatic carbocycles. The number of rotatable bonds is 4. The van der Waals surface area contributed by atoms with Crippen LogP contribution in [0.5, 0.6) is 5.75 Å². The second-order valence-electron chi connectivity index (χ2n) is 4.27. The summed E-state index contributed by atoms with van der Waals surface area (Å²) in [5, 5.41) is 25.7. The average Bonchev–Trinajstić information content (AvgIpc) is 2.59. The molecule has 0 unspecified atom stereocenters. The fraction of sp³-hybridized carbons (Fsp3) is 0.0588. The summed E-state index contributed by atoms with van der Waals surface area (Å²) in [6.07, 6.45) is 1.52. The fourth-order valence-electron chi connectivity index (χ4n) is 1.68. The third-order valence-corrected chi connectivity index (χ3v) is 2.78. The van der Waals surface area contributed by atoms with Gasteiger partial charge in [-0.1, -0.05) is 18.2 Å². The topological polar surface area (TPSA) is 81.5 Å². The summed E-state index contributed by atoms with van der Waals surface area (Å²) >= 11 is 0. The smallest absolute Gasteiger partial charge is 0.130 e. The number of allylic oxidation sites excluding steroid dienone is 1. The standard InChI is InChI=1S/C17H12N4O/c1-22-17-4-2-3-16(10-17)21-20-15-7-5-13(6-8-15)9-14(11-18)12-19/h2-10H,1H3. The Hall–Kier alpha value is -3.44. The summed E-state index contributed by atoms with van der Waals surface area (Å²) in [4.78, 5) is 0. The number of nitrogens with zero attached hydrogens (tertiary/aromatic N) is 4. The lowest BCUT2D eigenvalue weighted by molar-refractivity contribution is 0.415. The van der Waals surface area contributed by atoms with Crippen LogP contribution in [0.3, 0.4) is 0 Å². The van der Waals surface area contributed by atoms with Crippen molar-refractivity contribution in [3.63, 3.8) is 0 Å². The van der Waals surface area contributed by atoms with Crippen LogP contribution < -0.4 is 4.74 Å². The molecule has 0 fully saturated rings. The Kier molecular flexibility index (Phi) is 5.01. The molecule has 0 amide bonds. The minimum absolute atomic E-state index is 0.0609. The Morgan fingerprint density at radius 2 is 1.68 bits per heavy atom. The van der Waals surface area contributed by atoms with Crippen LogP contribution >= 0.6 is 0 Å². The van der Waals surface area contributed by atoms with Gasteiger partial charge in [-0.05, 0) is 35.9 Å². The molecule has 106 valence electrons. The van der Waals surface area contributed by atoms with Crippen LogP contribution in [0.4, 0.5) is 11.4 Å². The van der Waals surface area contributed by atoms with Gasteiger partial charge in [0.25, 0.3) is 0 Å². The van der Waals surface area contributed by atoms with E-state index >= 15 is 0 Å². The largest absolute Gasteiger partial charge is 0.497 e. The van der Waals surface area contributed by atoms with E-state index in [1.54, 1.807) is 37.4 Å². The quantitative estimate of drug-likeness (QED) is 0.611. The number of benzene rings is 2. The van der Waals surface area contributed by atoms with Crippen molar-refractivity contribution in [2.24, 2.45) is 10.2 Å². The first-order valence-electron chi connectivity index (χ1n) is 6.43. The molecule has 0 aliphatic heterocycles. The maximum Gasteiger partial charge on any atom is 0.130 e. The van der Waals surface area contributed by atoms with Gasteiger partial charge >= 0.3 is 0 Å². The molecule has 0 aliphatic carbocycles. The zero-order chi connectivity index (χ0) is 15.8. The molecule has 0 spiro atoms. The van der Waals surface area contributed by atoms with Gasteiger partial charge in [0.1, 0.15) is 23.5 Å². The van der Waals surface area contributed by atoms with E-state index in [-0.39, 0.29) is 5.57 Å². The summed E-state index contributed by atoms with van der Waals surface area (Å²) in [6.45, 7) is 0. The first-order chi connectivity index (χ1) is 10.7. The molecule has 0 bridgehead atoms. The Bertz CT molecular complexity index is 777. The first kappa shape index (κ1) is 15.0. The predicted octanol–water partition coefficient (Wildman–Crippen LogP) is 4.54. The van der Waals surface area contributed by atoms with Gasteiger partial charge in [-0.2, -0.15) is 20.8 Å². The Labute approximate surface area is 128 Å². The number of methoxy groups -OCH3 is 1. The molecule has 2 aromatic rings. The zero-order valence-electron chi connectivity index (χ0n) is 11.9. The van der Waals surface area contributed by atoms with Crippen molar-refractivity contribution in [2.45, 2.75) is 0 Å². The predicted molar refractivity (Wildman–Crippen MR) is 82.8 cm³/mol. The van der Waals surface area contributed by atoms with Crippen LogP contribution in [0.2, 0.25) is 0 Å². The first-order valence-corrected chi connectivity index (χ1v) is 6.43. The highest BCUT2D eigenvalue weighted by atomic mass is 16.5. The lowest BCUT2D eigenvalue weighted by Gasteiger charge is -1.99. The van der Waals surface area contributed by atoms with Gasteiger partial charge in [-0.3, -0.25) is 0 Å². The SMILES string of the molecule is COc1cccc(N=Nc2ccc(C=C(C#N)C#N)cc2)c1. The normalized spacial score (nSPS) is 9.77. The Morgan fingerprint density at radius 1 is 1.00 bits per heavy atom. The van der Waals surface area contributed by atoms with Gasteiger partial charge in [-0.15, -0.1) is 0 Å². The molecule has 0 aromatic heterocycles. The van der Waals surface area contributed by atoms with E-state index in [0.717, 1.165) is 11.3 Å². The molecule has 2 rings (SSSR count). The van der Waals surface area contributed by atoms with Crippen molar-refractivity contribution in [3.05, 3.63) is 59.7 Å². The lowest BCUT2D eigenvalue weighted by Crippen LogP contribution is -1.79. The van der Waals surface area contributed by atoms with Gasteiger partial charge in [0.15, 0.2) is 0 Å². The number of hydrogen-bond acceptors (Lipinski definition) is 5. The molecule has 0 aliphatic rings. The molecule has 0 heterocycles. The highest BCUT2D eigenvalue weighted by Crippen LogP contribution is 2.22. The summed E-state index contributed by atoms with van der Waals surface area (Å²) < 4.78 is 5.12. The van der Waals surface area contributed by atoms with Crippen molar-refractivity contribution in [3.8, 4) is 17.9 Å². The third-order valence-electron chi connectivity index (χ3n) is 2.78. The van der Waals surface area contributed by atoms with E-state index in [1.807, 2.05) is 30.3 Å². The highest BCUT2D eigenvalue weighted by molar-refractivity contribution is 5.63. The van der Waals surface area contributed by atoms with Crippen molar-refractivity contribution in [2.75, 3.05) is 7.11 Å². The van der Waals surface area contributed by atoms with E-state index < -0.39 is 0 Å². The molecule has 0 atom stereocenters. The molecule has 0 saturated heterocycles. The molecule has 0 saturated carbocycles. The summed E-state index contributed by atoms with van der Waals surface area (Å²) in [5.74, 6) is 0.720. The Morgan fingerprint density at radius 3 is 2.32 bits per heavy atom. The second kappa shape index (κ2) is 7.37. The molecular weight excluding hydrogens is 276 g/mol. The van der Waals surface area contributed by atoms with Crippen LogP contribution in [0, 0.1) is 22.7 Å². The molecule has 0 N–H and O–H groups in total. The van der Waals surface area contributed by atoms with E-state index in [0.29, 0.717) is 11.4 Å². The van der Waals surface area contributed by atoms with Crippen LogP contribution in [-0.4, -0.2) is 7.11 Å². The number of nitriles is 2. The number of ether oxygens (including phenoxy) is 1. The molecule has 0 radical (unpaired) electrons. The van der Waals surface area contributed by atoms with Gasteiger partial charge in [-0.25, -0.2) is 0 Å². The van der Waals surface area contributed by atoms with Gasteiger partial charge < -0.3 is 4.74 Å². The van der Waals surface area contributed by atoms with E-state index in [2.05, 4.69) is 10.2 Å². The molecular formula is C17H12N4O. The zero-order valence-corrected chi connectivity index (χ0v) is 11.9.